The number of hydrogen-bond acceptors (Lipinski definition) is 3. The van der Waals surface area contributed by atoms with Gasteiger partial charge in [-0.2, -0.15) is 0 Å². The molecular weight excluding hydrogens is 178 g/mol. The highest BCUT2D eigenvalue weighted by Gasteiger charge is 2.33. The standard InChI is InChI=1S/C11H23NO2/c1-6-10(4,5)9(13)14-11(12,7-2)8-3/h6-8,12H2,1-5H3. The van der Waals surface area contributed by atoms with E-state index in [9.17, 15) is 4.79 Å². The van der Waals surface area contributed by atoms with Gasteiger partial charge >= 0.3 is 5.97 Å². The molecule has 14 heavy (non-hydrogen) atoms. The van der Waals surface area contributed by atoms with Crippen molar-refractivity contribution in [1.29, 1.82) is 0 Å². The third-order valence-corrected chi connectivity index (χ3v) is 2.93. The summed E-state index contributed by atoms with van der Waals surface area (Å²) in [4.78, 5) is 11.7. The van der Waals surface area contributed by atoms with Crippen molar-refractivity contribution in [3.8, 4) is 0 Å². The molecule has 2 N–H and O–H groups in total. The van der Waals surface area contributed by atoms with E-state index in [1.165, 1.54) is 0 Å². The van der Waals surface area contributed by atoms with Crippen molar-refractivity contribution in [2.24, 2.45) is 11.1 Å². The molecule has 0 aliphatic carbocycles. The zero-order valence-corrected chi connectivity index (χ0v) is 10.0. The van der Waals surface area contributed by atoms with Crippen molar-refractivity contribution in [1.82, 2.24) is 0 Å². The van der Waals surface area contributed by atoms with Crippen LogP contribution in [0.1, 0.15) is 53.9 Å². The van der Waals surface area contributed by atoms with Gasteiger partial charge in [-0.1, -0.05) is 20.8 Å². The van der Waals surface area contributed by atoms with E-state index in [2.05, 4.69) is 0 Å². The molecule has 0 aliphatic rings. The summed E-state index contributed by atoms with van der Waals surface area (Å²) < 4.78 is 5.33. The van der Waals surface area contributed by atoms with Crippen LogP contribution in [0.4, 0.5) is 0 Å². The van der Waals surface area contributed by atoms with E-state index in [1.54, 1.807) is 0 Å². The largest absolute Gasteiger partial charge is 0.444 e. The van der Waals surface area contributed by atoms with E-state index in [4.69, 9.17) is 10.5 Å². The summed E-state index contributed by atoms with van der Waals surface area (Å²) in [6.45, 7) is 9.57. The fourth-order valence-electron chi connectivity index (χ4n) is 0.861. The second-order valence-corrected chi connectivity index (χ2v) is 4.40. The normalized spacial score (nSPS) is 12.7. The first kappa shape index (κ1) is 13.4. The molecule has 0 atom stereocenters. The minimum Gasteiger partial charge on any atom is -0.444 e. The van der Waals surface area contributed by atoms with E-state index in [0.29, 0.717) is 12.8 Å². The zero-order valence-electron chi connectivity index (χ0n) is 10.0. The van der Waals surface area contributed by atoms with Gasteiger partial charge in [0.15, 0.2) is 5.72 Å². The Hall–Kier alpha value is -0.570. The molecule has 0 aromatic heterocycles. The minimum absolute atomic E-state index is 0.203. The molecule has 0 radical (unpaired) electrons. The van der Waals surface area contributed by atoms with Crippen LogP contribution in [-0.4, -0.2) is 11.7 Å². The maximum atomic E-state index is 11.7. The molecule has 0 rings (SSSR count). The van der Waals surface area contributed by atoms with Crippen LogP contribution in [0, 0.1) is 5.41 Å². The Morgan fingerprint density at radius 1 is 1.14 bits per heavy atom. The van der Waals surface area contributed by atoms with Gasteiger partial charge in [0.1, 0.15) is 0 Å². The second kappa shape index (κ2) is 4.78. The first-order valence-corrected chi connectivity index (χ1v) is 5.33. The molecule has 0 amide bonds. The molecule has 84 valence electrons. The summed E-state index contributed by atoms with van der Waals surface area (Å²) in [6.07, 6.45) is 2.05. The van der Waals surface area contributed by atoms with Crippen molar-refractivity contribution in [3.05, 3.63) is 0 Å². The monoisotopic (exact) mass is 201 g/mol. The number of rotatable bonds is 5. The third kappa shape index (κ3) is 3.29. The van der Waals surface area contributed by atoms with E-state index in [-0.39, 0.29) is 5.97 Å². The van der Waals surface area contributed by atoms with Crippen molar-refractivity contribution in [2.75, 3.05) is 0 Å². The van der Waals surface area contributed by atoms with Gasteiger partial charge in [-0.3, -0.25) is 10.5 Å². The van der Waals surface area contributed by atoms with Crippen LogP contribution < -0.4 is 5.73 Å². The van der Waals surface area contributed by atoms with Crippen molar-refractivity contribution in [2.45, 2.75) is 59.6 Å². The van der Waals surface area contributed by atoms with Gasteiger partial charge in [0.2, 0.25) is 0 Å². The third-order valence-electron chi connectivity index (χ3n) is 2.93. The van der Waals surface area contributed by atoms with Gasteiger partial charge in [0.05, 0.1) is 5.41 Å². The molecule has 0 aliphatic heterocycles. The Kier molecular flexibility index (Phi) is 4.59. The number of ether oxygens (including phenoxy) is 1. The first-order valence-electron chi connectivity index (χ1n) is 5.33. The molecule has 3 heteroatoms. The summed E-state index contributed by atoms with van der Waals surface area (Å²) in [6, 6.07) is 0. The lowest BCUT2D eigenvalue weighted by Gasteiger charge is -2.31. The minimum atomic E-state index is -0.788. The Labute approximate surface area is 87.0 Å². The van der Waals surface area contributed by atoms with Crippen molar-refractivity contribution in [3.63, 3.8) is 0 Å². The summed E-state index contributed by atoms with van der Waals surface area (Å²) in [5.74, 6) is -0.203. The van der Waals surface area contributed by atoms with Crippen LogP contribution >= 0.6 is 0 Å². The van der Waals surface area contributed by atoms with Gasteiger partial charge in [-0.15, -0.1) is 0 Å². The van der Waals surface area contributed by atoms with Gasteiger partial charge in [-0.25, -0.2) is 0 Å². The molecule has 0 fully saturated rings. The predicted molar refractivity (Wildman–Crippen MR) is 57.7 cm³/mol. The fourth-order valence-corrected chi connectivity index (χ4v) is 0.861. The van der Waals surface area contributed by atoms with E-state index < -0.39 is 11.1 Å². The molecule has 0 aromatic carbocycles. The zero-order chi connectivity index (χ0) is 11.4. The molecule has 0 bridgehead atoms. The maximum absolute atomic E-state index is 11.7. The number of hydrogen-bond donors (Lipinski definition) is 1. The Balaban J connectivity index is 4.45. The summed E-state index contributed by atoms with van der Waals surface area (Å²) >= 11 is 0. The molecule has 0 saturated heterocycles. The summed E-state index contributed by atoms with van der Waals surface area (Å²) in [5, 5.41) is 0. The van der Waals surface area contributed by atoms with Gasteiger partial charge in [-0.05, 0) is 33.1 Å². The molecule has 0 spiro atoms. The quantitative estimate of drug-likeness (QED) is 0.549. The van der Waals surface area contributed by atoms with E-state index >= 15 is 0 Å². The number of carbonyl (C=O) groups is 1. The highest BCUT2D eigenvalue weighted by molar-refractivity contribution is 5.76. The van der Waals surface area contributed by atoms with Gasteiger partial charge < -0.3 is 4.74 Å². The predicted octanol–water partition coefficient (Wildman–Crippen LogP) is 2.44. The second-order valence-electron chi connectivity index (χ2n) is 4.40. The topological polar surface area (TPSA) is 52.3 Å². The van der Waals surface area contributed by atoms with Gasteiger partial charge in [0, 0.05) is 0 Å². The molecule has 0 saturated carbocycles. The van der Waals surface area contributed by atoms with Crippen molar-refractivity contribution < 1.29 is 9.53 Å². The Bertz CT molecular complexity index is 195. The Morgan fingerprint density at radius 3 is 1.86 bits per heavy atom. The first-order chi connectivity index (χ1) is 6.31. The van der Waals surface area contributed by atoms with Crippen LogP contribution in [0.25, 0.3) is 0 Å². The average molecular weight is 201 g/mol. The fraction of sp³-hybridized carbons (Fsp3) is 0.909. The molecule has 0 aromatic rings. The van der Waals surface area contributed by atoms with Crippen molar-refractivity contribution >= 4 is 5.97 Å². The van der Waals surface area contributed by atoms with Crippen LogP contribution in [0.15, 0.2) is 0 Å². The highest BCUT2D eigenvalue weighted by Crippen LogP contribution is 2.25. The van der Waals surface area contributed by atoms with Gasteiger partial charge in [0.25, 0.3) is 0 Å². The van der Waals surface area contributed by atoms with Crippen LogP contribution in [0.2, 0.25) is 0 Å². The molecular formula is C11H23NO2. The SMILES string of the molecule is CCC(N)(CC)OC(=O)C(C)(C)CC. The average Bonchev–Trinajstić information content (AvgIpc) is 2.17. The molecule has 0 unspecified atom stereocenters. The molecule has 3 nitrogen and oxygen atoms in total. The summed E-state index contributed by atoms with van der Waals surface area (Å²) in [7, 11) is 0. The highest BCUT2D eigenvalue weighted by atomic mass is 16.6. The number of carbonyl (C=O) groups excluding carboxylic acids is 1. The van der Waals surface area contributed by atoms with Crippen LogP contribution in [0.5, 0.6) is 0 Å². The Morgan fingerprint density at radius 2 is 1.57 bits per heavy atom. The lowest BCUT2D eigenvalue weighted by atomic mass is 9.90. The summed E-state index contributed by atoms with van der Waals surface area (Å²) in [5.41, 5.74) is 4.68. The number of nitrogens with two attached hydrogens (primary N) is 1. The van der Waals surface area contributed by atoms with E-state index in [1.807, 2.05) is 34.6 Å². The van der Waals surface area contributed by atoms with Crippen LogP contribution in [-0.2, 0) is 9.53 Å². The lowest BCUT2D eigenvalue weighted by molar-refractivity contribution is -0.171. The lowest BCUT2D eigenvalue weighted by Crippen LogP contribution is -2.46. The molecule has 0 heterocycles. The number of esters is 1. The smallest absolute Gasteiger partial charge is 0.313 e. The maximum Gasteiger partial charge on any atom is 0.313 e. The van der Waals surface area contributed by atoms with E-state index in [0.717, 1.165) is 6.42 Å². The van der Waals surface area contributed by atoms with Crippen LogP contribution in [0.3, 0.4) is 0 Å².